The molecule has 1 aromatic carbocycles. The molecule has 1 saturated heterocycles. The zero-order valence-electron chi connectivity index (χ0n) is 14.1. The van der Waals surface area contributed by atoms with E-state index in [0.717, 1.165) is 12.0 Å². The Balaban J connectivity index is 2.21. The van der Waals surface area contributed by atoms with E-state index in [9.17, 15) is 4.79 Å². The number of carbonyl (C=O) groups is 1. The van der Waals surface area contributed by atoms with Gasteiger partial charge < -0.3 is 9.85 Å². The van der Waals surface area contributed by atoms with E-state index in [-0.39, 0.29) is 5.91 Å². The van der Waals surface area contributed by atoms with Gasteiger partial charge in [-0.3, -0.25) is 4.79 Å². The van der Waals surface area contributed by atoms with Crippen molar-refractivity contribution >= 4 is 28.6 Å². The molecule has 22 heavy (non-hydrogen) atoms. The fourth-order valence-corrected chi connectivity index (χ4v) is 21.1. The van der Waals surface area contributed by atoms with Crippen LogP contribution in [0.15, 0.2) is 24.3 Å². The molecule has 3 rings (SSSR count). The summed E-state index contributed by atoms with van der Waals surface area (Å²) in [5.41, 5.74) is 8.93. The second-order valence-corrected chi connectivity index (χ2v) is 16.8. The number of carbonyl (C=O) groups excluding carboxylic acids is 1. The predicted octanol–water partition coefficient (Wildman–Crippen LogP) is 3.35. The van der Waals surface area contributed by atoms with Gasteiger partial charge in [0.2, 0.25) is 5.91 Å². The number of amides is 1. The van der Waals surface area contributed by atoms with E-state index >= 15 is 0 Å². The lowest BCUT2D eigenvalue weighted by atomic mass is 9.79. The minimum absolute atomic E-state index is 0.212. The number of hydrogen-bond donors (Lipinski definition) is 1. The topological polar surface area (TPSA) is 52.3 Å². The van der Waals surface area contributed by atoms with Crippen LogP contribution in [0, 0.1) is 0 Å². The molecule has 1 fully saturated rings. The molecule has 0 aromatic heterocycles. The molecule has 0 radical (unpaired) electrons. The monoisotopic (exact) mass is 331 g/mol. The Bertz CT molecular complexity index is 667. The van der Waals surface area contributed by atoms with Crippen LogP contribution in [0.5, 0.6) is 0 Å². The van der Waals surface area contributed by atoms with Gasteiger partial charge in [0.05, 0.1) is 5.41 Å². The van der Waals surface area contributed by atoms with Crippen LogP contribution in [0.1, 0.15) is 23.6 Å². The van der Waals surface area contributed by atoms with Crippen molar-refractivity contribution in [1.82, 2.24) is 0 Å². The van der Waals surface area contributed by atoms with Gasteiger partial charge in [0.1, 0.15) is 0 Å². The highest BCUT2D eigenvalue weighted by molar-refractivity contribution is 7.05. The third-order valence-corrected chi connectivity index (χ3v) is 17.7. The first-order valence-electron chi connectivity index (χ1n) is 7.89. The molecule has 1 aliphatic carbocycles. The summed E-state index contributed by atoms with van der Waals surface area (Å²) in [4.78, 5) is 12.6. The molecular weight excluding hydrogens is 306 g/mol. The molecule has 5 heteroatoms. The van der Waals surface area contributed by atoms with Crippen molar-refractivity contribution in [2.45, 2.75) is 50.1 Å². The molecule has 3 nitrogen and oxygen atoms in total. The average molecular weight is 332 g/mol. The number of rotatable bonds is 3. The maximum Gasteiger partial charge on any atom is 0.227 e. The van der Waals surface area contributed by atoms with Crippen molar-refractivity contribution < 1.29 is 8.91 Å². The maximum atomic E-state index is 12.6. The minimum Gasteiger partial charge on any atom is -0.455 e. The number of benzene rings is 1. The van der Waals surface area contributed by atoms with Crippen LogP contribution in [0.25, 0.3) is 6.08 Å². The first kappa shape index (κ1) is 15.7. The Morgan fingerprint density at radius 3 is 2.45 bits per heavy atom. The summed E-state index contributed by atoms with van der Waals surface area (Å²) in [5, 5.41) is 0.297. The Kier molecular flexibility index (Phi) is 3.33. The van der Waals surface area contributed by atoms with Crippen LogP contribution in [-0.4, -0.2) is 22.5 Å². The second-order valence-electron chi connectivity index (χ2n) is 7.79. The number of nitrogens with two attached hydrogens (primary N) is 1. The molecule has 2 N–H and O–H groups in total. The summed E-state index contributed by atoms with van der Waals surface area (Å²) in [5.74, 6) is -0.212. The highest BCUT2D eigenvalue weighted by Gasteiger charge is 2.67. The van der Waals surface area contributed by atoms with Crippen LogP contribution in [0.3, 0.4) is 0 Å². The third-order valence-electron chi connectivity index (χ3n) is 5.38. The molecule has 1 unspecified atom stereocenters. The standard InChI is InChI=1S/C17H25NO2Si2/c1-17(15(18)19,16-21(2,3)20-22(16,4)5)14-11-7-9-12-8-6-10-13(12)14/h6-7,9-11,16H,8H2,1-5H3,(H2,18,19). The van der Waals surface area contributed by atoms with E-state index < -0.39 is 22.0 Å². The quantitative estimate of drug-likeness (QED) is 0.864. The van der Waals surface area contributed by atoms with E-state index in [0.29, 0.717) is 5.16 Å². The number of fused-ring (bicyclic) bond motifs is 1. The van der Waals surface area contributed by atoms with Gasteiger partial charge in [-0.25, -0.2) is 0 Å². The molecule has 118 valence electrons. The van der Waals surface area contributed by atoms with Crippen molar-refractivity contribution in [2.24, 2.45) is 5.73 Å². The maximum absolute atomic E-state index is 12.6. The van der Waals surface area contributed by atoms with Crippen LogP contribution in [0.4, 0.5) is 0 Å². The number of primary amides is 1. The van der Waals surface area contributed by atoms with Gasteiger partial charge in [-0.2, -0.15) is 0 Å². The van der Waals surface area contributed by atoms with Crippen LogP contribution < -0.4 is 5.73 Å². The highest BCUT2D eigenvalue weighted by Crippen LogP contribution is 2.57. The summed E-state index contributed by atoms with van der Waals surface area (Å²) >= 11 is 0. The normalized spacial score (nSPS) is 24.4. The second kappa shape index (κ2) is 4.66. The molecule has 1 heterocycles. The highest BCUT2D eigenvalue weighted by atomic mass is 28.5. The van der Waals surface area contributed by atoms with Crippen molar-refractivity contribution in [3.8, 4) is 0 Å². The summed E-state index contributed by atoms with van der Waals surface area (Å²) in [6.07, 6.45) is 5.26. The van der Waals surface area contributed by atoms with Crippen LogP contribution in [-0.2, 0) is 20.7 Å². The molecule has 1 aromatic rings. The first-order valence-corrected chi connectivity index (χ1v) is 13.9. The van der Waals surface area contributed by atoms with Gasteiger partial charge in [0.15, 0.2) is 16.6 Å². The van der Waals surface area contributed by atoms with Gasteiger partial charge in [-0.15, -0.1) is 0 Å². The summed E-state index contributed by atoms with van der Waals surface area (Å²) in [7, 11) is -3.78. The SMILES string of the molecule is CC(C(N)=O)(c1cccc2c1C=CC2)C1[Si](C)(C)O[Si]1(C)C. The molecule has 0 spiro atoms. The molecule has 2 aliphatic rings. The van der Waals surface area contributed by atoms with E-state index in [2.05, 4.69) is 56.5 Å². The Labute approximate surface area is 134 Å². The lowest BCUT2D eigenvalue weighted by Gasteiger charge is -2.61. The van der Waals surface area contributed by atoms with E-state index in [1.807, 2.05) is 6.92 Å². The smallest absolute Gasteiger partial charge is 0.227 e. The van der Waals surface area contributed by atoms with Crippen molar-refractivity contribution in [3.63, 3.8) is 0 Å². The summed E-state index contributed by atoms with van der Waals surface area (Å²) in [6.45, 7) is 10.9. The van der Waals surface area contributed by atoms with Gasteiger partial charge in [-0.05, 0) is 56.2 Å². The fourth-order valence-electron chi connectivity index (χ4n) is 5.14. The Morgan fingerprint density at radius 1 is 1.27 bits per heavy atom. The van der Waals surface area contributed by atoms with Gasteiger partial charge in [0, 0.05) is 5.16 Å². The van der Waals surface area contributed by atoms with Gasteiger partial charge >= 0.3 is 0 Å². The van der Waals surface area contributed by atoms with Crippen molar-refractivity contribution in [2.75, 3.05) is 0 Å². The van der Waals surface area contributed by atoms with Gasteiger partial charge in [-0.1, -0.05) is 30.4 Å². The fraction of sp³-hybridized carbons (Fsp3) is 0.471. The van der Waals surface area contributed by atoms with E-state index in [1.165, 1.54) is 11.1 Å². The summed E-state index contributed by atoms with van der Waals surface area (Å²) < 4.78 is 6.32. The Hall–Kier alpha value is -1.18. The average Bonchev–Trinajstić information content (AvgIpc) is 2.83. The van der Waals surface area contributed by atoms with Crippen LogP contribution in [0.2, 0.25) is 31.4 Å². The summed E-state index contributed by atoms with van der Waals surface area (Å²) in [6, 6.07) is 6.29. The molecule has 0 bridgehead atoms. The third kappa shape index (κ3) is 1.99. The number of allylic oxidation sites excluding steroid dienone is 1. The van der Waals surface area contributed by atoms with Crippen LogP contribution >= 0.6 is 0 Å². The lowest BCUT2D eigenvalue weighted by Crippen LogP contribution is -2.73. The first-order chi connectivity index (χ1) is 10.1. The van der Waals surface area contributed by atoms with E-state index in [1.54, 1.807) is 0 Å². The molecular formula is C17H25NO2Si2. The zero-order valence-corrected chi connectivity index (χ0v) is 16.1. The van der Waals surface area contributed by atoms with Crippen molar-refractivity contribution in [1.29, 1.82) is 0 Å². The molecule has 1 amide bonds. The predicted molar refractivity (Wildman–Crippen MR) is 95.5 cm³/mol. The molecule has 1 atom stereocenters. The van der Waals surface area contributed by atoms with Crippen molar-refractivity contribution in [3.05, 3.63) is 41.0 Å². The number of hydrogen-bond acceptors (Lipinski definition) is 2. The van der Waals surface area contributed by atoms with E-state index in [4.69, 9.17) is 9.85 Å². The minimum atomic E-state index is -1.89. The molecule has 1 aliphatic heterocycles. The lowest BCUT2D eigenvalue weighted by molar-refractivity contribution is -0.123. The molecule has 0 saturated carbocycles. The van der Waals surface area contributed by atoms with Gasteiger partial charge in [0.25, 0.3) is 0 Å². The Morgan fingerprint density at radius 2 is 1.91 bits per heavy atom. The zero-order chi connectivity index (χ0) is 16.3. The largest absolute Gasteiger partial charge is 0.455 e.